The summed E-state index contributed by atoms with van der Waals surface area (Å²) in [5.41, 5.74) is 1.99. The smallest absolute Gasteiger partial charge is 0.341 e. The zero-order valence-corrected chi connectivity index (χ0v) is 19.5. The number of anilines is 1. The zero-order chi connectivity index (χ0) is 23.9. The third kappa shape index (κ3) is 3.92. The Morgan fingerprint density at radius 2 is 1.70 bits per heavy atom. The third-order valence-electron chi connectivity index (χ3n) is 5.42. The molecule has 1 aliphatic heterocycles. The molecule has 0 bridgehead atoms. The normalized spacial score (nSPS) is 13.6. The predicted octanol–water partition coefficient (Wildman–Crippen LogP) is 4.79. The first-order valence-electron chi connectivity index (χ1n) is 10.00. The number of halogens is 1. The van der Waals surface area contributed by atoms with Gasteiger partial charge in [-0.2, -0.15) is 0 Å². The van der Waals surface area contributed by atoms with Gasteiger partial charge >= 0.3 is 5.97 Å². The number of hydrogen-bond acceptors (Lipinski definition) is 6. The number of hydrogen-bond donors (Lipinski definition) is 1. The van der Waals surface area contributed by atoms with Gasteiger partial charge in [-0.25, -0.2) is 4.79 Å². The number of fused-ring (bicyclic) bond motifs is 1. The van der Waals surface area contributed by atoms with Gasteiger partial charge in [0.1, 0.15) is 16.6 Å². The van der Waals surface area contributed by atoms with Gasteiger partial charge in [-0.15, -0.1) is 11.3 Å². The minimum absolute atomic E-state index is 0.185. The number of benzene rings is 2. The number of nitrogens with zero attached hydrogens (tertiary/aromatic N) is 1. The average Bonchev–Trinajstić information content (AvgIpc) is 3.26. The van der Waals surface area contributed by atoms with Crippen LogP contribution < -0.4 is 5.32 Å². The van der Waals surface area contributed by atoms with Crippen LogP contribution in [0, 0.1) is 6.92 Å². The highest BCUT2D eigenvalue weighted by Crippen LogP contribution is 2.41. The molecule has 0 saturated heterocycles. The van der Waals surface area contributed by atoms with Gasteiger partial charge < -0.3 is 10.1 Å². The van der Waals surface area contributed by atoms with Crippen molar-refractivity contribution in [2.75, 3.05) is 12.4 Å². The van der Waals surface area contributed by atoms with Crippen molar-refractivity contribution < 1.29 is 23.9 Å². The van der Waals surface area contributed by atoms with Crippen LogP contribution >= 0.6 is 22.9 Å². The Bertz CT molecular complexity index is 1280. The van der Waals surface area contributed by atoms with Gasteiger partial charge in [0.25, 0.3) is 11.8 Å². The number of carbonyl (C=O) groups excluding carboxylic acids is 4. The Morgan fingerprint density at radius 1 is 1.06 bits per heavy atom. The van der Waals surface area contributed by atoms with Crippen molar-refractivity contribution in [2.24, 2.45) is 0 Å². The first-order chi connectivity index (χ1) is 15.7. The number of thiophene rings is 1. The van der Waals surface area contributed by atoms with Gasteiger partial charge in [0, 0.05) is 15.5 Å². The quantitative estimate of drug-likeness (QED) is 0.417. The van der Waals surface area contributed by atoms with E-state index in [0.29, 0.717) is 16.1 Å². The standard InChI is InChI=1S/C24H19ClN2O5S/c1-12(27-22(29)16-9-4-5-10-17(16)23(27)30)20(28)26-21-19(24(31)32-3)18(13(2)33-21)14-7-6-8-15(25)11-14/h4-12H,1-3H3,(H,26,28). The summed E-state index contributed by atoms with van der Waals surface area (Å²) in [5.74, 6) is -2.30. The predicted molar refractivity (Wildman–Crippen MR) is 126 cm³/mol. The lowest BCUT2D eigenvalue weighted by Gasteiger charge is -2.21. The van der Waals surface area contributed by atoms with Crippen LogP contribution in [-0.2, 0) is 9.53 Å². The largest absolute Gasteiger partial charge is 0.465 e. The highest BCUT2D eigenvalue weighted by molar-refractivity contribution is 7.17. The summed E-state index contributed by atoms with van der Waals surface area (Å²) >= 11 is 7.33. The van der Waals surface area contributed by atoms with Crippen LogP contribution in [0.2, 0.25) is 5.02 Å². The van der Waals surface area contributed by atoms with Crippen LogP contribution in [0.5, 0.6) is 0 Å². The summed E-state index contributed by atoms with van der Waals surface area (Å²) in [6, 6.07) is 12.3. The molecule has 3 aromatic rings. The Hall–Kier alpha value is -3.49. The van der Waals surface area contributed by atoms with Gasteiger partial charge in [0.15, 0.2) is 0 Å². The molecule has 2 aromatic carbocycles. The number of rotatable bonds is 5. The van der Waals surface area contributed by atoms with Crippen LogP contribution in [0.25, 0.3) is 11.1 Å². The van der Waals surface area contributed by atoms with Crippen LogP contribution in [0.4, 0.5) is 5.00 Å². The SMILES string of the molecule is COC(=O)c1c(NC(=O)C(C)N2C(=O)c3ccccc3C2=O)sc(C)c1-c1cccc(Cl)c1. The molecule has 1 unspecified atom stereocenters. The number of ether oxygens (including phenoxy) is 1. The molecule has 3 amide bonds. The van der Waals surface area contributed by atoms with Crippen LogP contribution in [-0.4, -0.2) is 41.7 Å². The molecule has 9 heteroatoms. The molecule has 0 aliphatic carbocycles. The van der Waals surface area contributed by atoms with Crippen molar-refractivity contribution in [1.82, 2.24) is 4.90 Å². The van der Waals surface area contributed by atoms with Crippen molar-refractivity contribution in [3.63, 3.8) is 0 Å². The van der Waals surface area contributed by atoms with E-state index in [0.717, 1.165) is 9.78 Å². The van der Waals surface area contributed by atoms with E-state index in [1.54, 1.807) is 48.5 Å². The van der Waals surface area contributed by atoms with E-state index < -0.39 is 29.7 Å². The second-order valence-electron chi connectivity index (χ2n) is 7.43. The summed E-state index contributed by atoms with van der Waals surface area (Å²) in [6.07, 6.45) is 0. The number of nitrogens with one attached hydrogen (secondary N) is 1. The summed E-state index contributed by atoms with van der Waals surface area (Å²) < 4.78 is 4.97. The molecule has 0 spiro atoms. The summed E-state index contributed by atoms with van der Waals surface area (Å²) in [7, 11) is 1.25. The van der Waals surface area contributed by atoms with E-state index >= 15 is 0 Å². The molecule has 1 aromatic heterocycles. The van der Waals surface area contributed by atoms with Gasteiger partial charge in [0.2, 0.25) is 5.91 Å². The van der Waals surface area contributed by atoms with Crippen molar-refractivity contribution in [3.05, 3.63) is 75.1 Å². The van der Waals surface area contributed by atoms with E-state index in [9.17, 15) is 19.2 Å². The number of imide groups is 1. The van der Waals surface area contributed by atoms with Gasteiger partial charge in [0.05, 0.1) is 18.2 Å². The average molecular weight is 483 g/mol. The highest BCUT2D eigenvalue weighted by Gasteiger charge is 2.41. The number of esters is 1. The molecule has 33 heavy (non-hydrogen) atoms. The maximum Gasteiger partial charge on any atom is 0.341 e. The number of carbonyl (C=O) groups is 4. The number of methoxy groups -OCH3 is 1. The minimum Gasteiger partial charge on any atom is -0.465 e. The Kier molecular flexibility index (Phi) is 6.05. The van der Waals surface area contributed by atoms with Crippen LogP contribution in [0.1, 0.15) is 42.9 Å². The van der Waals surface area contributed by atoms with Crippen molar-refractivity contribution in [3.8, 4) is 11.1 Å². The highest BCUT2D eigenvalue weighted by atomic mass is 35.5. The molecule has 1 aliphatic rings. The summed E-state index contributed by atoms with van der Waals surface area (Å²) in [5, 5.41) is 3.48. The first kappa shape index (κ1) is 22.7. The Morgan fingerprint density at radius 3 is 2.27 bits per heavy atom. The van der Waals surface area contributed by atoms with E-state index in [-0.39, 0.29) is 21.7 Å². The molecule has 0 saturated carbocycles. The molecule has 1 N–H and O–H groups in total. The molecule has 0 radical (unpaired) electrons. The second-order valence-corrected chi connectivity index (χ2v) is 9.09. The van der Waals surface area contributed by atoms with Gasteiger partial charge in [-0.05, 0) is 43.7 Å². The van der Waals surface area contributed by atoms with Crippen LogP contribution in [0.3, 0.4) is 0 Å². The first-order valence-corrected chi connectivity index (χ1v) is 11.2. The fourth-order valence-corrected chi connectivity index (χ4v) is 5.07. The lowest BCUT2D eigenvalue weighted by atomic mass is 10.0. The monoisotopic (exact) mass is 482 g/mol. The number of aryl methyl sites for hydroxylation is 1. The second kappa shape index (κ2) is 8.80. The molecule has 7 nitrogen and oxygen atoms in total. The molecule has 0 fully saturated rings. The topological polar surface area (TPSA) is 92.8 Å². The van der Waals surface area contributed by atoms with Crippen LogP contribution in [0.15, 0.2) is 48.5 Å². The maximum atomic E-state index is 13.1. The maximum absolute atomic E-state index is 13.1. The summed E-state index contributed by atoms with van der Waals surface area (Å²) in [4.78, 5) is 52.9. The van der Waals surface area contributed by atoms with Gasteiger partial charge in [-0.1, -0.05) is 35.9 Å². The number of amides is 3. The molecule has 2 heterocycles. The lowest BCUT2D eigenvalue weighted by molar-refractivity contribution is -0.119. The zero-order valence-electron chi connectivity index (χ0n) is 18.0. The molecule has 1 atom stereocenters. The Balaban J connectivity index is 1.67. The minimum atomic E-state index is -1.10. The van der Waals surface area contributed by atoms with E-state index in [1.165, 1.54) is 25.4 Å². The van der Waals surface area contributed by atoms with Crippen molar-refractivity contribution in [1.29, 1.82) is 0 Å². The summed E-state index contributed by atoms with van der Waals surface area (Å²) in [6.45, 7) is 3.28. The molecular formula is C24H19ClN2O5S. The molecule has 168 valence electrons. The van der Waals surface area contributed by atoms with E-state index in [1.807, 2.05) is 6.92 Å². The lowest BCUT2D eigenvalue weighted by Crippen LogP contribution is -2.45. The third-order valence-corrected chi connectivity index (χ3v) is 6.67. The van der Waals surface area contributed by atoms with E-state index in [2.05, 4.69) is 5.32 Å². The fraction of sp³-hybridized carbons (Fsp3) is 0.167. The van der Waals surface area contributed by atoms with Crippen molar-refractivity contribution >= 4 is 51.6 Å². The fourth-order valence-electron chi connectivity index (χ4n) is 3.81. The van der Waals surface area contributed by atoms with Gasteiger partial charge in [-0.3, -0.25) is 19.3 Å². The molecule has 4 rings (SSSR count). The van der Waals surface area contributed by atoms with Crippen molar-refractivity contribution in [2.45, 2.75) is 19.9 Å². The Labute approximate surface area is 198 Å². The molecular weight excluding hydrogens is 464 g/mol. The van der Waals surface area contributed by atoms with E-state index in [4.69, 9.17) is 16.3 Å².